The van der Waals surface area contributed by atoms with Crippen molar-refractivity contribution in [2.24, 2.45) is 0 Å². The summed E-state index contributed by atoms with van der Waals surface area (Å²) in [5.41, 5.74) is 1.80. The molecule has 0 fully saturated rings. The molecule has 0 radical (unpaired) electrons. The van der Waals surface area contributed by atoms with Crippen LogP contribution in [0.5, 0.6) is 5.75 Å². The maximum absolute atomic E-state index is 12.2. The number of hydrogen-bond acceptors (Lipinski definition) is 7. The summed E-state index contributed by atoms with van der Waals surface area (Å²) >= 11 is 6.53. The summed E-state index contributed by atoms with van der Waals surface area (Å²) in [5, 5.41) is 9.81. The Kier molecular flexibility index (Phi) is 8.76. The highest BCUT2D eigenvalue weighted by atomic mass is 35.5. The summed E-state index contributed by atoms with van der Waals surface area (Å²) in [5.74, 6) is 0.0444. The Morgan fingerprint density at radius 2 is 1.83 bits per heavy atom. The molecule has 0 bridgehead atoms. The lowest BCUT2D eigenvalue weighted by molar-refractivity contribution is -0.158. The quantitative estimate of drug-likeness (QED) is 0.338. The van der Waals surface area contributed by atoms with E-state index in [1.807, 2.05) is 50.2 Å². The molecule has 9 heteroatoms. The molecule has 0 aliphatic heterocycles. The van der Waals surface area contributed by atoms with Crippen LogP contribution in [-0.4, -0.2) is 45.7 Å². The topological polar surface area (TPSA) is 102 Å². The third-order valence-electron chi connectivity index (χ3n) is 5.47. The van der Waals surface area contributed by atoms with Crippen molar-refractivity contribution in [3.05, 3.63) is 70.1 Å². The molecule has 0 aliphatic rings. The van der Waals surface area contributed by atoms with Gasteiger partial charge in [-0.2, -0.15) is 0 Å². The van der Waals surface area contributed by atoms with Gasteiger partial charge in [0.05, 0.1) is 23.9 Å². The first-order valence-corrected chi connectivity index (χ1v) is 12.0. The van der Waals surface area contributed by atoms with Crippen LogP contribution >= 0.6 is 11.6 Å². The molecule has 0 atom stereocenters. The number of hydrogen-bond donors (Lipinski definition) is 1. The molecule has 0 amide bonds. The fourth-order valence-corrected chi connectivity index (χ4v) is 4.06. The average molecular weight is 515 g/mol. The van der Waals surface area contributed by atoms with Gasteiger partial charge in [0.2, 0.25) is 5.89 Å². The van der Waals surface area contributed by atoms with Gasteiger partial charge < -0.3 is 19.0 Å². The number of esters is 1. The first-order chi connectivity index (χ1) is 17.0. The molecule has 3 rings (SSSR count). The second-order valence-electron chi connectivity index (χ2n) is 8.98. The van der Waals surface area contributed by atoms with Crippen molar-refractivity contribution in [2.45, 2.75) is 53.3 Å². The van der Waals surface area contributed by atoms with Gasteiger partial charge in [-0.25, -0.2) is 9.78 Å². The van der Waals surface area contributed by atoms with Gasteiger partial charge in [0, 0.05) is 18.7 Å². The monoisotopic (exact) mass is 514 g/mol. The van der Waals surface area contributed by atoms with E-state index in [4.69, 9.17) is 25.5 Å². The summed E-state index contributed by atoms with van der Waals surface area (Å²) in [7, 11) is 0. The van der Waals surface area contributed by atoms with Crippen molar-refractivity contribution < 1.29 is 28.6 Å². The molecule has 0 saturated carbocycles. The number of aryl methyl sites for hydroxylation is 2. The van der Waals surface area contributed by atoms with Gasteiger partial charge in [-0.05, 0) is 63.9 Å². The van der Waals surface area contributed by atoms with E-state index in [0.717, 1.165) is 11.1 Å². The number of carboxylic acids is 1. The van der Waals surface area contributed by atoms with E-state index < -0.39 is 17.5 Å². The van der Waals surface area contributed by atoms with Crippen LogP contribution in [0.3, 0.4) is 0 Å². The maximum atomic E-state index is 12.2. The van der Waals surface area contributed by atoms with Gasteiger partial charge in [0.15, 0.2) is 5.60 Å². The molecular weight excluding hydrogens is 484 g/mol. The Labute approximate surface area is 215 Å². The van der Waals surface area contributed by atoms with Gasteiger partial charge in [0.25, 0.3) is 0 Å². The van der Waals surface area contributed by atoms with Crippen molar-refractivity contribution in [1.82, 2.24) is 9.88 Å². The number of benzene rings is 2. The molecule has 36 heavy (non-hydrogen) atoms. The van der Waals surface area contributed by atoms with Crippen LogP contribution in [-0.2, 0) is 27.4 Å². The molecule has 0 aliphatic carbocycles. The predicted octanol–water partition coefficient (Wildman–Crippen LogP) is 5.42. The van der Waals surface area contributed by atoms with Gasteiger partial charge in [0.1, 0.15) is 11.5 Å². The first-order valence-electron chi connectivity index (χ1n) is 11.6. The Hall–Kier alpha value is -3.36. The summed E-state index contributed by atoms with van der Waals surface area (Å²) in [6.45, 7) is 9.23. The Bertz CT molecular complexity index is 1200. The normalized spacial score (nSPS) is 11.5. The zero-order valence-corrected chi connectivity index (χ0v) is 21.9. The fourth-order valence-electron chi connectivity index (χ4n) is 3.73. The minimum atomic E-state index is -1.22. The average Bonchev–Trinajstić information content (AvgIpc) is 3.16. The molecular formula is C27H31ClN2O6. The van der Waals surface area contributed by atoms with Crippen molar-refractivity contribution >= 4 is 23.5 Å². The SMILES string of the molecule is CCOC(=O)C(C)(C)Oc1c(C)cc(CN(CC(=O)O)Cc2nc(-c3ccccc3)oc2C)cc1Cl. The molecule has 0 spiro atoms. The highest BCUT2D eigenvalue weighted by molar-refractivity contribution is 6.32. The molecule has 1 heterocycles. The molecule has 8 nitrogen and oxygen atoms in total. The summed E-state index contributed by atoms with van der Waals surface area (Å²) < 4.78 is 16.8. The van der Waals surface area contributed by atoms with Gasteiger partial charge in [-0.15, -0.1) is 0 Å². The van der Waals surface area contributed by atoms with Gasteiger partial charge >= 0.3 is 11.9 Å². The van der Waals surface area contributed by atoms with Crippen LogP contribution in [0.15, 0.2) is 46.9 Å². The van der Waals surface area contributed by atoms with E-state index in [0.29, 0.717) is 40.2 Å². The van der Waals surface area contributed by atoms with E-state index in [1.165, 1.54) is 0 Å². The highest BCUT2D eigenvalue weighted by Crippen LogP contribution is 2.34. The minimum Gasteiger partial charge on any atom is -0.480 e. The Balaban J connectivity index is 1.81. The maximum Gasteiger partial charge on any atom is 0.349 e. The van der Waals surface area contributed by atoms with Crippen LogP contribution in [0.25, 0.3) is 11.5 Å². The van der Waals surface area contributed by atoms with Gasteiger partial charge in [-0.1, -0.05) is 35.9 Å². The van der Waals surface area contributed by atoms with Crippen LogP contribution in [0, 0.1) is 13.8 Å². The molecule has 2 aromatic carbocycles. The van der Waals surface area contributed by atoms with E-state index >= 15 is 0 Å². The molecule has 1 aromatic heterocycles. The van der Waals surface area contributed by atoms with Crippen LogP contribution in [0.1, 0.15) is 43.4 Å². The molecule has 192 valence electrons. The van der Waals surface area contributed by atoms with E-state index in [-0.39, 0.29) is 19.7 Å². The number of halogens is 1. The third kappa shape index (κ3) is 6.86. The lowest BCUT2D eigenvalue weighted by atomic mass is 10.1. The third-order valence-corrected chi connectivity index (χ3v) is 5.75. The second-order valence-corrected chi connectivity index (χ2v) is 9.39. The molecule has 1 N–H and O–H groups in total. The fraction of sp³-hybridized carbons (Fsp3) is 0.370. The number of aliphatic carboxylic acids is 1. The zero-order chi connectivity index (χ0) is 26.5. The number of oxazole rings is 1. The number of carboxylic acid groups (broad SMARTS) is 1. The Morgan fingerprint density at radius 3 is 2.44 bits per heavy atom. The largest absolute Gasteiger partial charge is 0.480 e. The van der Waals surface area contributed by atoms with Crippen molar-refractivity contribution in [3.8, 4) is 17.2 Å². The summed E-state index contributed by atoms with van der Waals surface area (Å²) in [6, 6.07) is 13.1. The van der Waals surface area contributed by atoms with Crippen LogP contribution in [0.2, 0.25) is 5.02 Å². The molecule has 0 saturated heterocycles. The standard InChI is InChI=1S/C27H31ClN2O6/c1-6-34-26(33)27(4,5)36-24-17(2)12-19(13-21(24)28)14-30(16-23(31)32)15-22-18(3)35-25(29-22)20-10-8-7-9-11-20/h7-13H,6,14-16H2,1-5H3,(H,31,32). The molecule has 0 unspecified atom stereocenters. The van der Waals surface area contributed by atoms with Gasteiger partial charge in [-0.3, -0.25) is 9.69 Å². The summed E-state index contributed by atoms with van der Waals surface area (Å²) in [4.78, 5) is 30.2. The zero-order valence-electron chi connectivity index (χ0n) is 21.1. The first kappa shape index (κ1) is 27.2. The summed E-state index contributed by atoms with van der Waals surface area (Å²) in [6.07, 6.45) is 0. The Morgan fingerprint density at radius 1 is 1.14 bits per heavy atom. The van der Waals surface area contributed by atoms with Crippen molar-refractivity contribution in [3.63, 3.8) is 0 Å². The number of ether oxygens (including phenoxy) is 2. The van der Waals surface area contributed by atoms with E-state index in [1.54, 1.807) is 31.7 Å². The lowest BCUT2D eigenvalue weighted by Crippen LogP contribution is -2.40. The lowest BCUT2D eigenvalue weighted by Gasteiger charge is -2.26. The number of nitrogens with zero attached hydrogens (tertiary/aromatic N) is 2. The van der Waals surface area contributed by atoms with Crippen molar-refractivity contribution in [2.75, 3.05) is 13.2 Å². The molecule has 3 aromatic rings. The van der Waals surface area contributed by atoms with Crippen LogP contribution in [0.4, 0.5) is 0 Å². The number of aromatic nitrogens is 1. The van der Waals surface area contributed by atoms with E-state index in [2.05, 4.69) is 4.98 Å². The van der Waals surface area contributed by atoms with E-state index in [9.17, 15) is 14.7 Å². The number of carbonyl (C=O) groups is 2. The predicted molar refractivity (Wildman–Crippen MR) is 136 cm³/mol. The smallest absolute Gasteiger partial charge is 0.349 e. The van der Waals surface area contributed by atoms with Crippen LogP contribution < -0.4 is 4.74 Å². The highest BCUT2D eigenvalue weighted by Gasteiger charge is 2.33. The number of carbonyl (C=O) groups excluding carboxylic acids is 1. The number of rotatable bonds is 11. The minimum absolute atomic E-state index is 0.197. The van der Waals surface area contributed by atoms with Crippen molar-refractivity contribution in [1.29, 1.82) is 0 Å². The second kappa shape index (κ2) is 11.6.